The Morgan fingerprint density at radius 1 is 1.32 bits per heavy atom. The van der Waals surface area contributed by atoms with Gasteiger partial charge in [0.2, 0.25) is 0 Å². The van der Waals surface area contributed by atoms with Crippen molar-refractivity contribution in [2.45, 2.75) is 19.1 Å². The highest BCUT2D eigenvalue weighted by molar-refractivity contribution is 8.14. The fourth-order valence-corrected chi connectivity index (χ4v) is 3.72. The monoisotopic (exact) mass is 321 g/mol. The Bertz CT molecular complexity index is 613. The van der Waals surface area contributed by atoms with E-state index in [0.29, 0.717) is 5.25 Å². The van der Waals surface area contributed by atoms with Crippen LogP contribution in [0, 0.1) is 17.0 Å². The molecule has 1 atom stereocenters. The van der Waals surface area contributed by atoms with Crippen LogP contribution in [-0.4, -0.2) is 57.9 Å². The minimum absolute atomic E-state index is 0.0468. The lowest BCUT2D eigenvalue weighted by atomic mass is 10.2. The molecule has 3 heterocycles. The fourth-order valence-electron chi connectivity index (χ4n) is 2.73. The zero-order valence-corrected chi connectivity index (χ0v) is 13.5. The molecule has 0 aromatic carbocycles. The Morgan fingerprint density at radius 2 is 2.00 bits per heavy atom. The Labute approximate surface area is 133 Å². The molecule has 1 fully saturated rings. The second kappa shape index (κ2) is 6.12. The lowest BCUT2D eigenvalue weighted by Gasteiger charge is -2.36. The van der Waals surface area contributed by atoms with Crippen LogP contribution in [0.1, 0.15) is 12.5 Å². The molecule has 22 heavy (non-hydrogen) atoms. The van der Waals surface area contributed by atoms with Crippen LogP contribution in [0.25, 0.3) is 0 Å². The Morgan fingerprint density at radius 3 is 2.55 bits per heavy atom. The maximum atomic E-state index is 10.8. The molecule has 3 rings (SSSR count). The van der Waals surface area contributed by atoms with Gasteiger partial charge < -0.3 is 9.80 Å². The number of aryl methyl sites for hydroxylation is 1. The van der Waals surface area contributed by atoms with Crippen LogP contribution in [-0.2, 0) is 0 Å². The minimum Gasteiger partial charge on any atom is -0.353 e. The molecule has 0 radical (unpaired) electrons. The van der Waals surface area contributed by atoms with Gasteiger partial charge in [0, 0.05) is 37.5 Å². The highest BCUT2D eigenvalue weighted by atomic mass is 32.2. The molecule has 1 aromatic rings. The number of hydrogen-bond donors (Lipinski definition) is 0. The van der Waals surface area contributed by atoms with E-state index in [9.17, 15) is 10.1 Å². The highest BCUT2D eigenvalue weighted by Crippen LogP contribution is 2.26. The first kappa shape index (κ1) is 15.1. The summed E-state index contributed by atoms with van der Waals surface area (Å²) in [4.78, 5) is 23.8. The summed E-state index contributed by atoms with van der Waals surface area (Å²) in [6.07, 6.45) is 1.34. The van der Waals surface area contributed by atoms with Crippen LogP contribution in [0.5, 0.6) is 0 Å². The topological polar surface area (TPSA) is 74.9 Å². The fraction of sp³-hybridized carbons (Fsp3) is 0.571. The van der Waals surface area contributed by atoms with Crippen molar-refractivity contribution in [3.63, 3.8) is 0 Å². The predicted molar refractivity (Wildman–Crippen MR) is 88.8 cm³/mol. The molecule has 8 heteroatoms. The number of nitrogens with zero attached hydrogens (tertiary/aromatic N) is 5. The van der Waals surface area contributed by atoms with E-state index < -0.39 is 4.92 Å². The van der Waals surface area contributed by atoms with Gasteiger partial charge in [-0.25, -0.2) is 4.98 Å². The van der Waals surface area contributed by atoms with E-state index in [4.69, 9.17) is 0 Å². The van der Waals surface area contributed by atoms with Gasteiger partial charge in [-0.2, -0.15) is 0 Å². The molecule has 0 N–H and O–H groups in total. The summed E-state index contributed by atoms with van der Waals surface area (Å²) in [6.45, 7) is 8.53. The standard InChI is InChI=1S/C14H19N5O2S/c1-10-7-12(19(20)21)9-15-13(10)17-3-5-18(6-4-17)14-16-8-11(2)22-14/h7,9,11H,3-6,8H2,1-2H3. The van der Waals surface area contributed by atoms with E-state index in [1.807, 2.05) is 18.7 Å². The molecular weight excluding hydrogens is 302 g/mol. The third-order valence-electron chi connectivity index (χ3n) is 3.89. The average molecular weight is 321 g/mol. The van der Waals surface area contributed by atoms with Gasteiger partial charge in [-0.05, 0) is 12.5 Å². The summed E-state index contributed by atoms with van der Waals surface area (Å²) in [6, 6.07) is 1.59. The third kappa shape index (κ3) is 3.01. The Kier molecular flexibility index (Phi) is 4.19. The SMILES string of the molecule is Cc1cc([N+](=O)[O-])cnc1N1CCN(C2=NCC(C)S2)CC1. The van der Waals surface area contributed by atoms with Crippen molar-refractivity contribution in [3.05, 3.63) is 27.9 Å². The van der Waals surface area contributed by atoms with E-state index in [2.05, 4.69) is 26.7 Å². The molecule has 1 aromatic heterocycles. The van der Waals surface area contributed by atoms with Crippen molar-refractivity contribution in [1.82, 2.24) is 9.88 Å². The maximum absolute atomic E-state index is 10.8. The smallest absolute Gasteiger partial charge is 0.287 e. The van der Waals surface area contributed by atoms with Gasteiger partial charge in [0.05, 0.1) is 11.5 Å². The second-order valence-corrected chi connectivity index (χ2v) is 7.02. The van der Waals surface area contributed by atoms with Gasteiger partial charge in [-0.15, -0.1) is 0 Å². The maximum Gasteiger partial charge on any atom is 0.287 e. The van der Waals surface area contributed by atoms with Crippen LogP contribution >= 0.6 is 11.8 Å². The first-order valence-corrected chi connectivity index (χ1v) is 8.24. The summed E-state index contributed by atoms with van der Waals surface area (Å²) in [5.74, 6) is 0.847. The van der Waals surface area contributed by atoms with Gasteiger partial charge in [-0.3, -0.25) is 15.1 Å². The predicted octanol–water partition coefficient (Wildman–Crippen LogP) is 1.91. The first-order valence-electron chi connectivity index (χ1n) is 7.36. The number of piperazine rings is 1. The number of aromatic nitrogens is 1. The van der Waals surface area contributed by atoms with Gasteiger partial charge >= 0.3 is 0 Å². The van der Waals surface area contributed by atoms with Crippen molar-refractivity contribution < 1.29 is 4.92 Å². The number of rotatable bonds is 2. The van der Waals surface area contributed by atoms with Crippen molar-refractivity contribution >= 4 is 28.4 Å². The minimum atomic E-state index is -0.404. The second-order valence-electron chi connectivity index (χ2n) is 5.62. The largest absolute Gasteiger partial charge is 0.353 e. The molecule has 2 aliphatic rings. The first-order chi connectivity index (χ1) is 10.5. The highest BCUT2D eigenvalue weighted by Gasteiger charge is 2.26. The number of pyridine rings is 1. The van der Waals surface area contributed by atoms with Crippen molar-refractivity contribution in [2.75, 3.05) is 37.6 Å². The summed E-state index contributed by atoms with van der Waals surface area (Å²) in [5.41, 5.74) is 0.898. The summed E-state index contributed by atoms with van der Waals surface area (Å²) in [5, 5.41) is 12.5. The number of hydrogen-bond acceptors (Lipinski definition) is 7. The average Bonchev–Trinajstić information content (AvgIpc) is 2.94. The molecule has 1 unspecified atom stereocenters. The van der Waals surface area contributed by atoms with Crippen molar-refractivity contribution in [3.8, 4) is 0 Å². The lowest BCUT2D eigenvalue weighted by Crippen LogP contribution is -2.48. The molecule has 0 saturated carbocycles. The van der Waals surface area contributed by atoms with Crippen LogP contribution in [0.2, 0.25) is 0 Å². The molecule has 1 saturated heterocycles. The number of aliphatic imine (C=N–C) groups is 1. The molecule has 0 amide bonds. The number of nitro groups is 1. The van der Waals surface area contributed by atoms with Crippen LogP contribution in [0.3, 0.4) is 0 Å². The third-order valence-corrected chi connectivity index (χ3v) is 5.04. The zero-order chi connectivity index (χ0) is 15.7. The number of anilines is 1. The quantitative estimate of drug-likeness (QED) is 0.612. The summed E-state index contributed by atoms with van der Waals surface area (Å²) >= 11 is 1.84. The molecule has 7 nitrogen and oxygen atoms in total. The lowest BCUT2D eigenvalue weighted by molar-refractivity contribution is -0.385. The number of amidine groups is 1. The van der Waals surface area contributed by atoms with E-state index in [0.717, 1.165) is 49.3 Å². The van der Waals surface area contributed by atoms with E-state index in [1.54, 1.807) is 6.07 Å². The Balaban J connectivity index is 1.65. The molecule has 2 aliphatic heterocycles. The van der Waals surface area contributed by atoms with Gasteiger partial charge in [0.1, 0.15) is 12.0 Å². The van der Waals surface area contributed by atoms with Gasteiger partial charge in [0.15, 0.2) is 5.17 Å². The van der Waals surface area contributed by atoms with Crippen molar-refractivity contribution in [1.29, 1.82) is 0 Å². The molecule has 118 valence electrons. The number of thioether (sulfide) groups is 1. The van der Waals surface area contributed by atoms with Crippen LogP contribution < -0.4 is 4.90 Å². The molecule has 0 aliphatic carbocycles. The van der Waals surface area contributed by atoms with Gasteiger partial charge in [0.25, 0.3) is 5.69 Å². The summed E-state index contributed by atoms with van der Waals surface area (Å²) in [7, 11) is 0. The summed E-state index contributed by atoms with van der Waals surface area (Å²) < 4.78 is 0. The van der Waals surface area contributed by atoms with E-state index >= 15 is 0 Å². The van der Waals surface area contributed by atoms with Crippen LogP contribution in [0.15, 0.2) is 17.3 Å². The molecular formula is C14H19N5O2S. The normalized spacial score (nSPS) is 21.9. The molecule has 0 spiro atoms. The van der Waals surface area contributed by atoms with Crippen LogP contribution in [0.4, 0.5) is 11.5 Å². The van der Waals surface area contributed by atoms with Crippen molar-refractivity contribution in [2.24, 2.45) is 4.99 Å². The molecule has 0 bridgehead atoms. The van der Waals surface area contributed by atoms with Gasteiger partial charge in [-0.1, -0.05) is 18.7 Å². The van der Waals surface area contributed by atoms with E-state index in [-0.39, 0.29) is 5.69 Å². The zero-order valence-electron chi connectivity index (χ0n) is 12.7. The van der Waals surface area contributed by atoms with E-state index in [1.165, 1.54) is 6.20 Å². The Hall–Kier alpha value is -1.83.